The molecule has 2 N–H and O–H groups in total. The van der Waals surface area contributed by atoms with Crippen LogP contribution in [0.25, 0.3) is 0 Å². The molecule has 2 aliphatic rings. The van der Waals surface area contributed by atoms with Crippen molar-refractivity contribution in [2.75, 3.05) is 24.5 Å². The molecule has 140 valence electrons. The van der Waals surface area contributed by atoms with Crippen LogP contribution in [0, 0.1) is 0 Å². The number of ether oxygens (including phenoxy) is 1. The Labute approximate surface area is 160 Å². The Bertz CT molecular complexity index is 686. The Balaban J connectivity index is 1.58. The molecular formula is C17H19Cl2N3O4. The first-order chi connectivity index (χ1) is 12.4. The molecule has 0 radical (unpaired) electrons. The first-order valence-electron chi connectivity index (χ1n) is 8.34. The fourth-order valence-electron chi connectivity index (χ4n) is 3.07. The molecule has 0 spiro atoms. The molecule has 9 heteroatoms. The molecule has 2 heterocycles. The van der Waals surface area contributed by atoms with Crippen molar-refractivity contribution < 1.29 is 19.1 Å². The number of amides is 3. The van der Waals surface area contributed by atoms with Crippen LogP contribution in [0.15, 0.2) is 24.3 Å². The van der Waals surface area contributed by atoms with E-state index in [1.165, 1.54) is 4.90 Å². The quantitative estimate of drug-likeness (QED) is 0.740. The minimum Gasteiger partial charge on any atom is -0.442 e. The number of hydrogen-bond donors (Lipinski definition) is 2. The maximum Gasteiger partial charge on any atom is 0.414 e. The van der Waals surface area contributed by atoms with E-state index in [4.69, 9.17) is 27.9 Å². The van der Waals surface area contributed by atoms with Crippen LogP contribution in [0.5, 0.6) is 0 Å². The van der Waals surface area contributed by atoms with Crippen molar-refractivity contribution in [1.29, 1.82) is 0 Å². The lowest BCUT2D eigenvalue weighted by Gasteiger charge is -2.23. The molecule has 2 aliphatic heterocycles. The van der Waals surface area contributed by atoms with Crippen molar-refractivity contribution in [2.45, 2.75) is 29.7 Å². The van der Waals surface area contributed by atoms with Gasteiger partial charge in [-0.2, -0.15) is 0 Å². The minimum absolute atomic E-state index is 0.0884. The lowest BCUT2D eigenvalue weighted by molar-refractivity contribution is -0.122. The highest BCUT2D eigenvalue weighted by Crippen LogP contribution is 2.27. The minimum atomic E-state index is -1.15. The second-order valence-corrected chi connectivity index (χ2v) is 7.39. The van der Waals surface area contributed by atoms with Crippen LogP contribution in [-0.2, 0) is 14.3 Å². The summed E-state index contributed by atoms with van der Waals surface area (Å²) >= 11 is 10.9. The van der Waals surface area contributed by atoms with Crippen LogP contribution in [0.3, 0.4) is 0 Å². The van der Waals surface area contributed by atoms with E-state index in [0.29, 0.717) is 19.5 Å². The van der Waals surface area contributed by atoms with Crippen molar-refractivity contribution >= 4 is 46.8 Å². The summed E-state index contributed by atoms with van der Waals surface area (Å²) in [5, 5.41) is 5.40. The lowest BCUT2D eigenvalue weighted by Crippen LogP contribution is -2.37. The van der Waals surface area contributed by atoms with Gasteiger partial charge in [0, 0.05) is 24.6 Å². The Morgan fingerprint density at radius 2 is 2.04 bits per heavy atom. The Hall–Kier alpha value is -1.99. The Morgan fingerprint density at radius 3 is 2.65 bits per heavy atom. The number of benzene rings is 1. The monoisotopic (exact) mass is 399 g/mol. The van der Waals surface area contributed by atoms with Gasteiger partial charge in [0.2, 0.25) is 5.91 Å². The fourth-order valence-corrected chi connectivity index (χ4v) is 3.23. The molecule has 2 atom stereocenters. The van der Waals surface area contributed by atoms with Crippen LogP contribution in [0.1, 0.15) is 24.3 Å². The van der Waals surface area contributed by atoms with Gasteiger partial charge in [-0.25, -0.2) is 4.79 Å². The van der Waals surface area contributed by atoms with Gasteiger partial charge in [-0.05, 0) is 24.1 Å². The highest BCUT2D eigenvalue weighted by atomic mass is 35.5. The average molecular weight is 400 g/mol. The number of cyclic esters (lactones) is 1. The van der Waals surface area contributed by atoms with Crippen LogP contribution < -0.4 is 15.5 Å². The molecule has 1 aromatic carbocycles. The number of nitrogens with zero attached hydrogens (tertiary/aromatic N) is 1. The number of hydrogen-bond acceptors (Lipinski definition) is 4. The van der Waals surface area contributed by atoms with Gasteiger partial charge in [0.1, 0.15) is 6.10 Å². The molecule has 2 unspecified atom stereocenters. The van der Waals surface area contributed by atoms with E-state index >= 15 is 0 Å². The zero-order valence-electron chi connectivity index (χ0n) is 13.9. The Kier molecular flexibility index (Phi) is 5.88. The molecule has 7 nitrogen and oxygen atoms in total. The van der Waals surface area contributed by atoms with E-state index in [0.717, 1.165) is 17.7 Å². The molecule has 26 heavy (non-hydrogen) atoms. The van der Waals surface area contributed by atoms with E-state index in [2.05, 4.69) is 10.6 Å². The number of carbonyl (C=O) groups excluding carboxylic acids is 3. The van der Waals surface area contributed by atoms with Gasteiger partial charge >= 0.3 is 6.09 Å². The summed E-state index contributed by atoms with van der Waals surface area (Å²) in [6.07, 6.45) is 0.423. The van der Waals surface area contributed by atoms with Crippen LogP contribution in [-0.4, -0.2) is 48.5 Å². The molecule has 3 amide bonds. The standard InChI is InChI=1S/C17H19Cl2N3O4/c18-15(19)16(24)21-8-13-9-22(17(25)26-13)12-4-1-10(2-5-12)11-3-6-14(23)20-7-11/h1-2,4-5,11,13,15H,3,6-9H2,(H,20,23)(H,21,24). The number of halogens is 2. The smallest absolute Gasteiger partial charge is 0.414 e. The number of piperidine rings is 1. The molecule has 2 fully saturated rings. The zero-order chi connectivity index (χ0) is 18.7. The fraction of sp³-hybridized carbons (Fsp3) is 0.471. The third kappa shape index (κ3) is 4.40. The van der Waals surface area contributed by atoms with Crippen molar-refractivity contribution in [2.24, 2.45) is 0 Å². The number of alkyl halides is 2. The van der Waals surface area contributed by atoms with Gasteiger partial charge in [0.05, 0.1) is 13.1 Å². The first-order valence-corrected chi connectivity index (χ1v) is 9.22. The van der Waals surface area contributed by atoms with Gasteiger partial charge in [0.25, 0.3) is 5.91 Å². The summed E-state index contributed by atoms with van der Waals surface area (Å²) in [5.74, 6) is -0.147. The molecule has 0 bridgehead atoms. The maximum absolute atomic E-state index is 12.1. The summed E-state index contributed by atoms with van der Waals surface area (Å²) in [5.41, 5.74) is 1.85. The van der Waals surface area contributed by atoms with E-state index in [1.807, 2.05) is 24.3 Å². The molecule has 1 aromatic rings. The maximum atomic E-state index is 12.1. The Morgan fingerprint density at radius 1 is 1.31 bits per heavy atom. The topological polar surface area (TPSA) is 87.7 Å². The van der Waals surface area contributed by atoms with Crippen molar-refractivity contribution in [3.8, 4) is 0 Å². The van der Waals surface area contributed by atoms with E-state index in [-0.39, 0.29) is 18.4 Å². The molecule has 2 saturated heterocycles. The SMILES string of the molecule is O=C1CCC(c2ccc(N3CC(CNC(=O)C(Cl)Cl)OC3=O)cc2)CN1. The second-order valence-electron chi connectivity index (χ2n) is 6.29. The van der Waals surface area contributed by atoms with Gasteiger partial charge in [-0.3, -0.25) is 14.5 Å². The van der Waals surface area contributed by atoms with Gasteiger partial charge < -0.3 is 15.4 Å². The molecular weight excluding hydrogens is 381 g/mol. The molecule has 0 aliphatic carbocycles. The molecule has 3 rings (SSSR count). The summed E-state index contributed by atoms with van der Waals surface area (Å²) in [6, 6.07) is 7.65. The summed E-state index contributed by atoms with van der Waals surface area (Å²) in [6.45, 7) is 1.11. The summed E-state index contributed by atoms with van der Waals surface area (Å²) < 4.78 is 5.26. The normalized spacial score (nSPS) is 23.0. The van der Waals surface area contributed by atoms with E-state index < -0.39 is 22.9 Å². The van der Waals surface area contributed by atoms with Crippen molar-refractivity contribution in [3.63, 3.8) is 0 Å². The summed E-state index contributed by atoms with van der Waals surface area (Å²) in [7, 11) is 0. The predicted molar refractivity (Wildman–Crippen MR) is 97.5 cm³/mol. The molecule has 0 saturated carbocycles. The molecule has 0 aromatic heterocycles. The van der Waals surface area contributed by atoms with Crippen molar-refractivity contribution in [1.82, 2.24) is 10.6 Å². The highest BCUT2D eigenvalue weighted by molar-refractivity contribution is 6.53. The highest BCUT2D eigenvalue weighted by Gasteiger charge is 2.33. The lowest BCUT2D eigenvalue weighted by atomic mass is 9.91. The number of anilines is 1. The van der Waals surface area contributed by atoms with Gasteiger partial charge in [-0.1, -0.05) is 35.3 Å². The largest absolute Gasteiger partial charge is 0.442 e. The third-order valence-electron chi connectivity index (χ3n) is 4.52. The van der Waals surface area contributed by atoms with Gasteiger partial charge in [0.15, 0.2) is 4.84 Å². The predicted octanol–water partition coefficient (Wildman–Crippen LogP) is 1.93. The first kappa shape index (κ1) is 18.8. The van der Waals surface area contributed by atoms with Crippen LogP contribution in [0.2, 0.25) is 0 Å². The third-order valence-corrected chi connectivity index (χ3v) is 4.91. The number of rotatable bonds is 5. The zero-order valence-corrected chi connectivity index (χ0v) is 15.4. The van der Waals surface area contributed by atoms with Crippen LogP contribution in [0.4, 0.5) is 10.5 Å². The van der Waals surface area contributed by atoms with E-state index in [1.54, 1.807) is 0 Å². The number of carbonyl (C=O) groups is 3. The van der Waals surface area contributed by atoms with Crippen molar-refractivity contribution in [3.05, 3.63) is 29.8 Å². The van der Waals surface area contributed by atoms with Crippen LogP contribution >= 0.6 is 23.2 Å². The summed E-state index contributed by atoms with van der Waals surface area (Å²) in [4.78, 5) is 35.1. The average Bonchev–Trinajstić information content (AvgIpc) is 3.01. The number of nitrogens with one attached hydrogen (secondary N) is 2. The van der Waals surface area contributed by atoms with Gasteiger partial charge in [-0.15, -0.1) is 0 Å². The van der Waals surface area contributed by atoms with E-state index in [9.17, 15) is 14.4 Å². The second kappa shape index (κ2) is 8.14.